The average molecular weight is 432 g/mol. The largest absolute Gasteiger partial charge is 0.497 e. The third kappa shape index (κ3) is 5.00. The Balaban J connectivity index is 1.61. The molecule has 2 saturated heterocycles. The first-order chi connectivity index (χ1) is 14.8. The normalized spacial score (nSPS) is 18.8. The first-order valence-corrected chi connectivity index (χ1v) is 10.4. The van der Waals surface area contributed by atoms with Crippen LogP contribution in [0.3, 0.4) is 0 Å². The summed E-state index contributed by atoms with van der Waals surface area (Å²) in [5.41, 5.74) is 0.786. The van der Waals surface area contributed by atoms with Crippen molar-refractivity contribution in [2.45, 2.75) is 38.0 Å². The zero-order valence-corrected chi connectivity index (χ0v) is 17.6. The summed E-state index contributed by atoms with van der Waals surface area (Å²) in [5.74, 6) is -0.601. The van der Waals surface area contributed by atoms with Crippen molar-refractivity contribution in [1.29, 1.82) is 0 Å². The van der Waals surface area contributed by atoms with E-state index in [2.05, 4.69) is 20.3 Å². The van der Waals surface area contributed by atoms with Crippen LogP contribution in [0.1, 0.15) is 37.8 Å². The van der Waals surface area contributed by atoms with E-state index in [-0.39, 0.29) is 30.7 Å². The number of anilines is 3. The van der Waals surface area contributed by atoms with Gasteiger partial charge in [-0.3, -0.25) is 4.79 Å². The molecule has 10 heteroatoms. The van der Waals surface area contributed by atoms with Crippen molar-refractivity contribution in [1.82, 2.24) is 19.9 Å². The van der Waals surface area contributed by atoms with E-state index in [4.69, 9.17) is 4.74 Å². The number of nitrogens with zero attached hydrogens (tertiary/aromatic N) is 5. The van der Waals surface area contributed by atoms with E-state index in [1.165, 1.54) is 4.90 Å². The molecule has 31 heavy (non-hydrogen) atoms. The van der Waals surface area contributed by atoms with E-state index in [1.54, 1.807) is 32.4 Å². The highest BCUT2D eigenvalue weighted by atomic mass is 19.3. The summed E-state index contributed by atoms with van der Waals surface area (Å²) >= 11 is 0. The second kappa shape index (κ2) is 8.60. The molecule has 2 aromatic rings. The molecule has 4 heterocycles. The molecule has 0 radical (unpaired) electrons. The van der Waals surface area contributed by atoms with Gasteiger partial charge in [-0.05, 0) is 18.9 Å². The Labute approximate surface area is 179 Å². The number of pyridine rings is 1. The molecule has 1 amide bonds. The van der Waals surface area contributed by atoms with Crippen molar-refractivity contribution in [3.63, 3.8) is 0 Å². The topological polar surface area (TPSA) is 83.5 Å². The zero-order chi connectivity index (χ0) is 22.0. The summed E-state index contributed by atoms with van der Waals surface area (Å²) in [5, 5.41) is 3.15. The molecule has 8 nitrogen and oxygen atoms in total. The fourth-order valence-corrected chi connectivity index (χ4v) is 4.00. The predicted octanol–water partition coefficient (Wildman–Crippen LogP) is 3.20. The Morgan fingerprint density at radius 3 is 2.61 bits per heavy atom. The van der Waals surface area contributed by atoms with E-state index >= 15 is 0 Å². The minimum absolute atomic E-state index is 0.0626. The van der Waals surface area contributed by atoms with Gasteiger partial charge in [-0.1, -0.05) is 0 Å². The van der Waals surface area contributed by atoms with Crippen LogP contribution >= 0.6 is 0 Å². The molecule has 2 fully saturated rings. The molecule has 4 rings (SSSR count). The molecule has 2 aliphatic rings. The molecule has 1 N–H and O–H groups in total. The average Bonchev–Trinajstić information content (AvgIpc) is 3.13. The van der Waals surface area contributed by atoms with Gasteiger partial charge in [0.1, 0.15) is 17.4 Å². The number of methoxy groups -OCH3 is 1. The maximum absolute atomic E-state index is 13.8. The van der Waals surface area contributed by atoms with Crippen LogP contribution in [0.15, 0.2) is 24.4 Å². The molecule has 0 bridgehead atoms. The highest BCUT2D eigenvalue weighted by Gasteiger charge is 2.39. The molecular formula is C21H26F2N6O2. The summed E-state index contributed by atoms with van der Waals surface area (Å²) in [6.07, 6.45) is 2.94. The number of amides is 1. The first-order valence-electron chi connectivity index (χ1n) is 10.4. The molecule has 0 aliphatic carbocycles. The minimum Gasteiger partial charge on any atom is -0.497 e. The molecular weight excluding hydrogens is 406 g/mol. The fourth-order valence-electron chi connectivity index (χ4n) is 4.00. The highest BCUT2D eigenvalue weighted by Crippen LogP contribution is 2.33. The van der Waals surface area contributed by atoms with Crippen LogP contribution in [0.2, 0.25) is 0 Å². The van der Waals surface area contributed by atoms with Crippen LogP contribution in [-0.2, 0) is 4.79 Å². The van der Waals surface area contributed by atoms with E-state index < -0.39 is 12.5 Å². The van der Waals surface area contributed by atoms with Gasteiger partial charge in [0.15, 0.2) is 0 Å². The van der Waals surface area contributed by atoms with Crippen LogP contribution in [0.4, 0.5) is 26.4 Å². The van der Waals surface area contributed by atoms with Crippen molar-refractivity contribution < 1.29 is 18.3 Å². The molecule has 0 spiro atoms. The number of ether oxygens (including phenoxy) is 1. The maximum Gasteiger partial charge on any atom is 0.267 e. The lowest BCUT2D eigenvalue weighted by molar-refractivity contribution is -0.129. The Kier molecular flexibility index (Phi) is 5.88. The lowest BCUT2D eigenvalue weighted by Crippen LogP contribution is -2.36. The van der Waals surface area contributed by atoms with Crippen LogP contribution < -0.4 is 15.0 Å². The van der Waals surface area contributed by atoms with E-state index in [1.807, 2.05) is 11.0 Å². The van der Waals surface area contributed by atoms with Crippen molar-refractivity contribution in [3.8, 4) is 5.75 Å². The molecule has 0 saturated carbocycles. The first kappa shape index (κ1) is 21.2. The van der Waals surface area contributed by atoms with Gasteiger partial charge in [0.25, 0.3) is 5.92 Å². The van der Waals surface area contributed by atoms with Crippen LogP contribution in [0.25, 0.3) is 0 Å². The predicted molar refractivity (Wildman–Crippen MR) is 112 cm³/mol. The summed E-state index contributed by atoms with van der Waals surface area (Å²) in [4.78, 5) is 28.4. The Morgan fingerprint density at radius 1 is 1.19 bits per heavy atom. The van der Waals surface area contributed by atoms with E-state index in [0.29, 0.717) is 30.5 Å². The third-order valence-electron chi connectivity index (χ3n) is 5.77. The molecule has 166 valence electrons. The zero-order valence-electron chi connectivity index (χ0n) is 17.6. The van der Waals surface area contributed by atoms with Gasteiger partial charge >= 0.3 is 0 Å². The van der Waals surface area contributed by atoms with Crippen molar-refractivity contribution in [2.24, 2.45) is 0 Å². The van der Waals surface area contributed by atoms with Gasteiger partial charge in [-0.2, -0.15) is 4.98 Å². The number of hydrogen-bond acceptors (Lipinski definition) is 7. The highest BCUT2D eigenvalue weighted by molar-refractivity contribution is 5.73. The lowest BCUT2D eigenvalue weighted by atomic mass is 9.93. The number of carbonyl (C=O) groups excluding carboxylic acids is 1. The summed E-state index contributed by atoms with van der Waals surface area (Å²) < 4.78 is 32.9. The molecule has 0 aromatic carbocycles. The number of nitrogens with one attached hydrogen (secondary N) is 1. The Morgan fingerprint density at radius 2 is 1.97 bits per heavy atom. The number of rotatable bonds is 5. The number of halogens is 2. The van der Waals surface area contributed by atoms with Gasteiger partial charge in [0.2, 0.25) is 11.9 Å². The Hall–Kier alpha value is -3.04. The summed E-state index contributed by atoms with van der Waals surface area (Å²) in [6, 6.07) is 5.31. The van der Waals surface area contributed by atoms with Crippen molar-refractivity contribution >= 4 is 23.5 Å². The third-order valence-corrected chi connectivity index (χ3v) is 5.77. The quantitative estimate of drug-likeness (QED) is 0.777. The summed E-state index contributed by atoms with van der Waals surface area (Å²) in [7, 11) is 1.57. The molecule has 0 atom stereocenters. The smallest absolute Gasteiger partial charge is 0.267 e. The monoisotopic (exact) mass is 432 g/mol. The van der Waals surface area contributed by atoms with Crippen LogP contribution in [-0.4, -0.2) is 65.0 Å². The number of likely N-dealkylation sites (tertiary alicyclic amines) is 1. The second-order valence-electron chi connectivity index (χ2n) is 7.99. The lowest BCUT2D eigenvalue weighted by Gasteiger charge is -2.31. The molecule has 2 aliphatic heterocycles. The van der Waals surface area contributed by atoms with Crippen molar-refractivity contribution in [3.05, 3.63) is 30.1 Å². The van der Waals surface area contributed by atoms with E-state index in [0.717, 1.165) is 18.5 Å². The number of alkyl halides is 2. The van der Waals surface area contributed by atoms with Gasteiger partial charge in [0.05, 0.1) is 19.3 Å². The number of hydrogen-bond donors (Lipinski definition) is 1. The van der Waals surface area contributed by atoms with Crippen molar-refractivity contribution in [2.75, 3.05) is 43.5 Å². The van der Waals surface area contributed by atoms with Gasteiger partial charge < -0.3 is 19.9 Å². The fraction of sp³-hybridized carbons (Fsp3) is 0.524. The molecule has 2 aromatic heterocycles. The Bertz CT molecular complexity index is 949. The van der Waals surface area contributed by atoms with Gasteiger partial charge in [-0.15, -0.1) is 0 Å². The van der Waals surface area contributed by atoms with Gasteiger partial charge in [-0.25, -0.2) is 18.7 Å². The SMILES string of the molecule is COc1ccnc(Nc2cc(C3CCN(C(C)=O)CC3)nc(N3CCC(F)(F)C3)n2)c1. The number of aromatic nitrogens is 3. The van der Waals surface area contributed by atoms with Crippen LogP contribution in [0.5, 0.6) is 5.75 Å². The minimum atomic E-state index is -2.74. The second-order valence-corrected chi connectivity index (χ2v) is 7.99. The van der Waals surface area contributed by atoms with Gasteiger partial charge in [0, 0.05) is 57.2 Å². The number of carbonyl (C=O) groups is 1. The molecule has 0 unspecified atom stereocenters. The van der Waals surface area contributed by atoms with E-state index in [9.17, 15) is 13.6 Å². The van der Waals surface area contributed by atoms with Crippen LogP contribution in [0, 0.1) is 0 Å². The summed E-state index contributed by atoms with van der Waals surface area (Å²) in [6.45, 7) is 2.69. The standard InChI is InChI=1S/C21H26F2N6O2/c1-14(30)28-8-4-15(5-9-28)17-12-19(26-18-11-16(31-2)3-7-24-18)27-20(25-17)29-10-6-21(22,23)13-29/h3,7,11-12,15H,4-6,8-10,13H2,1-2H3,(H,24,25,26,27). The number of piperidine rings is 1. The maximum atomic E-state index is 13.8.